The summed E-state index contributed by atoms with van der Waals surface area (Å²) in [5.41, 5.74) is 7.28. The Morgan fingerprint density at radius 2 is 2.00 bits per heavy atom. The maximum atomic E-state index is 13.2. The second-order valence-corrected chi connectivity index (χ2v) is 7.13. The molecule has 11 heteroatoms. The highest BCUT2D eigenvalue weighted by atomic mass is 16.2. The maximum absolute atomic E-state index is 13.2. The molecule has 2 unspecified atom stereocenters. The molecule has 25 heavy (non-hydrogen) atoms. The molecule has 1 fully saturated rings. The van der Waals surface area contributed by atoms with E-state index < -0.39 is 11.3 Å². The Kier molecular flexibility index (Phi) is 3.85. The highest BCUT2D eigenvalue weighted by Crippen LogP contribution is 2.29. The fourth-order valence-corrected chi connectivity index (χ4v) is 3.69. The van der Waals surface area contributed by atoms with Gasteiger partial charge in [-0.15, -0.1) is 0 Å². The van der Waals surface area contributed by atoms with E-state index in [-0.39, 0.29) is 23.7 Å². The summed E-state index contributed by atoms with van der Waals surface area (Å²) in [6, 6.07) is 1.75. The number of imide groups is 1. The van der Waals surface area contributed by atoms with E-state index in [1.54, 1.807) is 28.7 Å². The van der Waals surface area contributed by atoms with Crippen LogP contribution in [0.3, 0.4) is 0 Å². The van der Waals surface area contributed by atoms with E-state index in [4.69, 9.17) is 5.73 Å². The van der Waals surface area contributed by atoms with Crippen LogP contribution in [-0.4, -0.2) is 52.8 Å². The number of amides is 2. The van der Waals surface area contributed by atoms with Gasteiger partial charge in [-0.05, 0) is 19.4 Å². The van der Waals surface area contributed by atoms with Crippen molar-refractivity contribution < 1.29 is 9.59 Å². The van der Waals surface area contributed by atoms with Crippen LogP contribution in [0.5, 0.6) is 0 Å². The lowest BCUT2D eigenvalue weighted by atomic mass is 9.63. The number of hydrogen-bond donors (Lipinski definition) is 2. The van der Waals surface area contributed by atoms with Crippen molar-refractivity contribution in [2.24, 2.45) is 0 Å². The smallest absolute Gasteiger partial charge is 0.263 e. The Balaban J connectivity index is 2.37. The van der Waals surface area contributed by atoms with Crippen LogP contribution >= 0.6 is 0 Å². The van der Waals surface area contributed by atoms with Crippen molar-refractivity contribution in [3.63, 3.8) is 0 Å². The van der Waals surface area contributed by atoms with E-state index in [0.29, 0.717) is 22.4 Å². The van der Waals surface area contributed by atoms with Gasteiger partial charge in [-0.2, -0.15) is 0 Å². The second kappa shape index (κ2) is 5.54. The minimum Gasteiger partial charge on any atom is -0.398 e. The fraction of sp³-hybridized carbons (Fsp3) is 0.286. The van der Waals surface area contributed by atoms with Crippen LogP contribution in [0.4, 0.5) is 5.69 Å². The molecule has 1 aliphatic rings. The Morgan fingerprint density at radius 1 is 1.36 bits per heavy atom. The monoisotopic (exact) mass is 334 g/mol. The molecular weight excluding hydrogens is 315 g/mol. The average Bonchev–Trinajstić information content (AvgIpc) is 2.50. The standard InChI is InChI=1S/C14H18B4N4O3/c1-4-20-10-8(7(19)2-5(15)9(10)17)12(24)22(4)14(18)3-6(16)11(23)21-13(14)25/h2,6H,3,15-19H2,1H3,(H,21,23,25). The molecule has 124 valence electrons. The predicted octanol–water partition coefficient (Wildman–Crippen LogP) is -5.44. The Morgan fingerprint density at radius 3 is 2.64 bits per heavy atom. The van der Waals surface area contributed by atoms with Crippen molar-refractivity contribution >= 4 is 70.7 Å². The highest BCUT2D eigenvalue weighted by Gasteiger charge is 2.44. The van der Waals surface area contributed by atoms with E-state index in [1.807, 2.05) is 15.7 Å². The fourth-order valence-electron chi connectivity index (χ4n) is 3.69. The molecule has 1 saturated heterocycles. The third kappa shape index (κ3) is 2.41. The molecule has 3 N–H and O–H groups in total. The zero-order valence-electron chi connectivity index (χ0n) is 15.1. The predicted molar refractivity (Wildman–Crippen MR) is 108 cm³/mol. The van der Waals surface area contributed by atoms with E-state index >= 15 is 0 Å². The first-order chi connectivity index (χ1) is 11.6. The van der Waals surface area contributed by atoms with Gasteiger partial charge in [-0.1, -0.05) is 10.9 Å². The van der Waals surface area contributed by atoms with E-state index in [1.165, 1.54) is 4.57 Å². The number of benzene rings is 1. The molecule has 0 aliphatic carbocycles. The van der Waals surface area contributed by atoms with Crippen molar-refractivity contribution in [2.45, 2.75) is 24.6 Å². The third-order valence-corrected chi connectivity index (χ3v) is 5.23. The SMILES string of the molecule is Bc1cc(N)c2c(=O)n(C3(B)CC(B)C(=O)NC3=O)c(C)nc2c1B. The summed E-state index contributed by atoms with van der Waals surface area (Å²) in [4.78, 5) is 42.2. The van der Waals surface area contributed by atoms with Crippen molar-refractivity contribution in [1.82, 2.24) is 14.9 Å². The minimum atomic E-state index is -1.19. The van der Waals surface area contributed by atoms with Crippen LogP contribution in [0.25, 0.3) is 10.9 Å². The summed E-state index contributed by atoms with van der Waals surface area (Å²) in [6.45, 7) is 1.69. The third-order valence-electron chi connectivity index (χ3n) is 5.23. The molecule has 1 aliphatic heterocycles. The number of carbonyl (C=O) groups is 2. The van der Waals surface area contributed by atoms with Gasteiger partial charge in [-0.3, -0.25) is 24.3 Å². The second-order valence-electron chi connectivity index (χ2n) is 7.13. The van der Waals surface area contributed by atoms with E-state index in [0.717, 1.165) is 10.9 Å². The molecule has 0 radical (unpaired) electrons. The largest absolute Gasteiger partial charge is 0.398 e. The first kappa shape index (κ1) is 17.4. The van der Waals surface area contributed by atoms with Crippen molar-refractivity contribution in [2.75, 3.05) is 5.73 Å². The average molecular weight is 334 g/mol. The lowest BCUT2D eigenvalue weighted by molar-refractivity contribution is -0.137. The van der Waals surface area contributed by atoms with Gasteiger partial charge >= 0.3 is 0 Å². The number of fused-ring (bicyclic) bond motifs is 1. The summed E-state index contributed by atoms with van der Waals surface area (Å²) in [7, 11) is 7.20. The van der Waals surface area contributed by atoms with Gasteiger partial charge in [-0.25, -0.2) is 4.98 Å². The molecule has 2 amide bonds. The topological polar surface area (TPSA) is 107 Å². The van der Waals surface area contributed by atoms with Crippen molar-refractivity contribution in [1.29, 1.82) is 0 Å². The number of aromatic nitrogens is 2. The van der Waals surface area contributed by atoms with E-state index in [9.17, 15) is 14.4 Å². The van der Waals surface area contributed by atoms with Gasteiger partial charge in [0, 0.05) is 11.5 Å². The maximum Gasteiger partial charge on any atom is 0.263 e. The van der Waals surface area contributed by atoms with Crippen molar-refractivity contribution in [3.05, 3.63) is 22.2 Å². The van der Waals surface area contributed by atoms with Gasteiger partial charge < -0.3 is 5.73 Å². The molecule has 2 atom stereocenters. The molecular formula is C14H18B4N4O3. The van der Waals surface area contributed by atoms with Crippen LogP contribution in [0.2, 0.25) is 5.82 Å². The van der Waals surface area contributed by atoms with Crippen LogP contribution in [0.15, 0.2) is 10.9 Å². The number of carbonyl (C=O) groups excluding carboxylic acids is 2. The normalized spacial score (nSPS) is 23.6. The number of nitrogens with two attached hydrogens (primary N) is 1. The van der Waals surface area contributed by atoms with Crippen molar-refractivity contribution in [3.8, 4) is 0 Å². The van der Waals surface area contributed by atoms with Gasteiger partial charge in [0.05, 0.1) is 16.3 Å². The van der Waals surface area contributed by atoms with Gasteiger partial charge in [0.15, 0.2) is 0 Å². The summed E-state index contributed by atoms with van der Waals surface area (Å²) in [6.07, 6.45) is 0.232. The van der Waals surface area contributed by atoms with Crippen LogP contribution in [0, 0.1) is 6.92 Å². The summed E-state index contributed by atoms with van der Waals surface area (Å²) in [5.74, 6) is -0.788. The molecule has 2 heterocycles. The number of anilines is 1. The lowest BCUT2D eigenvalue weighted by Gasteiger charge is -2.37. The highest BCUT2D eigenvalue weighted by molar-refractivity contribution is 6.52. The van der Waals surface area contributed by atoms with Gasteiger partial charge in [0.25, 0.3) is 5.56 Å². The van der Waals surface area contributed by atoms with Crippen LogP contribution in [0.1, 0.15) is 12.2 Å². The van der Waals surface area contributed by atoms with Gasteiger partial charge in [0.1, 0.15) is 37.2 Å². The first-order valence-corrected chi connectivity index (χ1v) is 8.22. The molecule has 7 nitrogen and oxygen atoms in total. The summed E-state index contributed by atoms with van der Waals surface area (Å²) >= 11 is 0. The molecule has 2 aromatic rings. The number of rotatable bonds is 1. The number of nitrogens with one attached hydrogen (secondary N) is 1. The Hall–Kier alpha value is -2.44. The first-order valence-electron chi connectivity index (χ1n) is 8.22. The van der Waals surface area contributed by atoms with Crippen LogP contribution < -0.4 is 27.5 Å². The number of hydrogen-bond acceptors (Lipinski definition) is 5. The Labute approximate surface area is 148 Å². The minimum absolute atomic E-state index is 0.232. The zero-order chi connectivity index (χ0) is 18.7. The quantitative estimate of drug-likeness (QED) is 0.308. The summed E-state index contributed by atoms with van der Waals surface area (Å²) < 4.78 is 1.37. The molecule has 1 aromatic heterocycles. The number of piperidine rings is 1. The van der Waals surface area contributed by atoms with Gasteiger partial charge in [0.2, 0.25) is 11.8 Å². The van der Waals surface area contributed by atoms with E-state index in [2.05, 4.69) is 10.3 Å². The number of aryl methyl sites for hydroxylation is 1. The summed E-state index contributed by atoms with van der Waals surface area (Å²) in [5, 5.41) is 2.67. The number of nitrogens with zero attached hydrogens (tertiary/aromatic N) is 2. The molecule has 0 saturated carbocycles. The van der Waals surface area contributed by atoms with Crippen LogP contribution in [-0.2, 0) is 15.0 Å². The molecule has 0 bridgehead atoms. The molecule has 0 spiro atoms. The zero-order valence-corrected chi connectivity index (χ0v) is 15.1. The molecule has 3 rings (SSSR count). The Bertz CT molecular complexity index is 1010. The number of nitrogen functional groups attached to an aromatic ring is 1. The lowest BCUT2D eigenvalue weighted by Crippen LogP contribution is -2.60. The molecule has 1 aromatic carbocycles.